The van der Waals surface area contributed by atoms with Gasteiger partial charge in [-0.3, -0.25) is 9.59 Å². The van der Waals surface area contributed by atoms with Crippen molar-refractivity contribution >= 4 is 21.8 Å². The average Bonchev–Trinajstić information content (AvgIpc) is 2.90. The number of para-hydroxylation sites is 1. The zero-order valence-electron chi connectivity index (χ0n) is 16.4. The predicted molar refractivity (Wildman–Crippen MR) is 108 cm³/mol. The lowest BCUT2D eigenvalue weighted by atomic mass is 10.0. The van der Waals surface area contributed by atoms with E-state index in [1.165, 1.54) is 12.1 Å². The Labute approximate surface area is 170 Å². The third kappa shape index (κ3) is 4.42. The minimum atomic E-state index is -3.89. The van der Waals surface area contributed by atoms with Crippen molar-refractivity contribution in [2.24, 2.45) is 0 Å². The van der Waals surface area contributed by atoms with Gasteiger partial charge in [0.15, 0.2) is 0 Å². The number of carbonyl (C=O) groups is 2. The van der Waals surface area contributed by atoms with Crippen LogP contribution in [0.15, 0.2) is 53.4 Å². The summed E-state index contributed by atoms with van der Waals surface area (Å²) in [4.78, 5) is 24.4. The van der Waals surface area contributed by atoms with Gasteiger partial charge in [-0.25, -0.2) is 12.7 Å². The molecule has 1 aliphatic heterocycles. The van der Waals surface area contributed by atoms with Crippen LogP contribution in [0.3, 0.4) is 0 Å². The Morgan fingerprint density at radius 1 is 1.10 bits per heavy atom. The fraction of sp³-hybridized carbons (Fsp3) is 0.333. The number of rotatable bonds is 8. The van der Waals surface area contributed by atoms with Gasteiger partial charge in [-0.2, -0.15) is 0 Å². The van der Waals surface area contributed by atoms with E-state index in [-0.39, 0.29) is 35.9 Å². The molecule has 0 bridgehead atoms. The van der Waals surface area contributed by atoms with Crippen LogP contribution in [0.25, 0.3) is 0 Å². The molecule has 0 spiro atoms. The summed E-state index contributed by atoms with van der Waals surface area (Å²) in [6.45, 7) is 4.54. The van der Waals surface area contributed by atoms with Gasteiger partial charge in [-0.05, 0) is 29.7 Å². The molecule has 0 aliphatic carbocycles. The van der Waals surface area contributed by atoms with Crippen LogP contribution in [0.2, 0.25) is 0 Å². The maximum Gasteiger partial charge on any atom is 0.269 e. The zero-order valence-corrected chi connectivity index (χ0v) is 17.2. The summed E-state index contributed by atoms with van der Waals surface area (Å²) in [6.07, 6.45) is -0.110. The van der Waals surface area contributed by atoms with Gasteiger partial charge in [0, 0.05) is 13.0 Å². The quantitative estimate of drug-likeness (QED) is 0.668. The van der Waals surface area contributed by atoms with Crippen LogP contribution in [-0.4, -0.2) is 44.2 Å². The van der Waals surface area contributed by atoms with Gasteiger partial charge in [0.25, 0.3) is 15.9 Å². The third-order valence-corrected chi connectivity index (χ3v) is 6.52. The zero-order chi connectivity index (χ0) is 21.0. The number of nitrogens with one attached hydrogen (secondary N) is 1. The first kappa shape index (κ1) is 20.9. The highest BCUT2D eigenvalue weighted by atomic mass is 32.2. The van der Waals surface area contributed by atoms with Gasteiger partial charge in [-0.15, -0.1) is 0 Å². The standard InChI is InChI=1S/C21H24N2O5S/c1-15(2)16-7-3-5-9-18(16)28-14-12-22-20(24)11-13-23-21(25)17-8-4-6-10-19(17)29(23,26)27/h3-10,15H,11-14H2,1-2H3,(H,22,24). The Bertz CT molecular complexity index is 1020. The van der Waals surface area contributed by atoms with Crippen molar-refractivity contribution in [3.63, 3.8) is 0 Å². The van der Waals surface area contributed by atoms with Crippen molar-refractivity contribution in [3.05, 3.63) is 59.7 Å². The molecule has 2 aromatic carbocycles. The van der Waals surface area contributed by atoms with E-state index in [1.54, 1.807) is 12.1 Å². The molecule has 2 amide bonds. The third-order valence-electron chi connectivity index (χ3n) is 4.68. The van der Waals surface area contributed by atoms with Crippen molar-refractivity contribution in [2.75, 3.05) is 19.7 Å². The lowest BCUT2D eigenvalue weighted by Crippen LogP contribution is -2.35. The molecule has 0 radical (unpaired) electrons. The lowest BCUT2D eigenvalue weighted by Gasteiger charge is -2.15. The number of hydrogen-bond acceptors (Lipinski definition) is 5. The van der Waals surface area contributed by atoms with Gasteiger partial charge in [0.05, 0.1) is 12.1 Å². The Balaban J connectivity index is 1.47. The van der Waals surface area contributed by atoms with Crippen LogP contribution in [-0.2, 0) is 14.8 Å². The summed E-state index contributed by atoms with van der Waals surface area (Å²) in [5, 5.41) is 2.69. The van der Waals surface area contributed by atoms with Crippen molar-refractivity contribution in [2.45, 2.75) is 31.1 Å². The summed E-state index contributed by atoms with van der Waals surface area (Å²) < 4.78 is 31.4. The van der Waals surface area contributed by atoms with Gasteiger partial charge < -0.3 is 10.1 Å². The van der Waals surface area contributed by atoms with Gasteiger partial charge >= 0.3 is 0 Å². The fourth-order valence-corrected chi connectivity index (χ4v) is 4.75. The molecular weight excluding hydrogens is 392 g/mol. The molecule has 1 aliphatic rings. The Morgan fingerprint density at radius 2 is 1.79 bits per heavy atom. The SMILES string of the molecule is CC(C)c1ccccc1OCCNC(=O)CCN1C(=O)c2ccccc2S1(=O)=O. The Kier molecular flexibility index (Phi) is 6.22. The van der Waals surface area contributed by atoms with Crippen molar-refractivity contribution in [3.8, 4) is 5.75 Å². The second-order valence-corrected chi connectivity index (χ2v) is 8.85. The van der Waals surface area contributed by atoms with E-state index >= 15 is 0 Å². The van der Waals surface area contributed by atoms with Crippen LogP contribution < -0.4 is 10.1 Å². The van der Waals surface area contributed by atoms with Crippen LogP contribution in [0.1, 0.15) is 42.1 Å². The summed E-state index contributed by atoms with van der Waals surface area (Å²) in [5.41, 5.74) is 1.24. The molecule has 3 rings (SSSR count). The van der Waals surface area contributed by atoms with Crippen molar-refractivity contribution in [1.82, 2.24) is 9.62 Å². The minimum Gasteiger partial charge on any atom is -0.491 e. The first-order valence-corrected chi connectivity index (χ1v) is 10.9. The number of nitrogens with zero attached hydrogens (tertiary/aromatic N) is 1. The molecule has 8 heteroatoms. The van der Waals surface area contributed by atoms with E-state index in [0.29, 0.717) is 12.5 Å². The molecule has 2 aromatic rings. The number of benzene rings is 2. The van der Waals surface area contributed by atoms with Crippen molar-refractivity contribution < 1.29 is 22.7 Å². The molecule has 1 N–H and O–H groups in total. The summed E-state index contributed by atoms with van der Waals surface area (Å²) >= 11 is 0. The monoisotopic (exact) mass is 416 g/mol. The maximum absolute atomic E-state index is 12.5. The first-order valence-electron chi connectivity index (χ1n) is 9.47. The van der Waals surface area contributed by atoms with Crippen LogP contribution in [0.4, 0.5) is 0 Å². The van der Waals surface area contributed by atoms with Crippen LogP contribution >= 0.6 is 0 Å². The van der Waals surface area contributed by atoms with E-state index in [2.05, 4.69) is 19.2 Å². The van der Waals surface area contributed by atoms with E-state index < -0.39 is 15.9 Å². The molecule has 0 unspecified atom stereocenters. The summed E-state index contributed by atoms with van der Waals surface area (Å²) in [5.74, 6) is 0.167. The second-order valence-electron chi connectivity index (χ2n) is 7.02. The number of fused-ring (bicyclic) bond motifs is 1. The number of amides is 2. The van der Waals surface area contributed by atoms with Gasteiger partial charge in [-0.1, -0.05) is 44.2 Å². The largest absolute Gasteiger partial charge is 0.491 e. The summed E-state index contributed by atoms with van der Waals surface area (Å²) in [7, 11) is -3.89. The number of ether oxygens (including phenoxy) is 1. The molecule has 1 heterocycles. The highest BCUT2D eigenvalue weighted by Crippen LogP contribution is 2.29. The Morgan fingerprint density at radius 3 is 2.52 bits per heavy atom. The Hall–Kier alpha value is -2.87. The topological polar surface area (TPSA) is 92.8 Å². The highest BCUT2D eigenvalue weighted by Gasteiger charge is 2.40. The average molecular weight is 416 g/mol. The van der Waals surface area contributed by atoms with E-state index in [9.17, 15) is 18.0 Å². The van der Waals surface area contributed by atoms with Gasteiger partial charge in [0.1, 0.15) is 17.3 Å². The maximum atomic E-state index is 12.5. The number of sulfonamides is 1. The molecule has 7 nitrogen and oxygen atoms in total. The van der Waals surface area contributed by atoms with E-state index in [4.69, 9.17) is 4.74 Å². The molecule has 0 saturated heterocycles. The van der Waals surface area contributed by atoms with Gasteiger partial charge in [0.2, 0.25) is 5.91 Å². The van der Waals surface area contributed by atoms with Crippen LogP contribution in [0.5, 0.6) is 5.75 Å². The summed E-state index contributed by atoms with van der Waals surface area (Å²) in [6, 6.07) is 13.8. The molecule has 0 atom stereocenters. The highest BCUT2D eigenvalue weighted by molar-refractivity contribution is 7.90. The first-order chi connectivity index (χ1) is 13.8. The van der Waals surface area contributed by atoms with Crippen LogP contribution in [0, 0.1) is 0 Å². The minimum absolute atomic E-state index is 0.0115. The second kappa shape index (κ2) is 8.65. The molecule has 29 heavy (non-hydrogen) atoms. The molecule has 154 valence electrons. The smallest absolute Gasteiger partial charge is 0.269 e. The molecule has 0 aromatic heterocycles. The molecule has 0 fully saturated rings. The molecule has 0 saturated carbocycles. The van der Waals surface area contributed by atoms with E-state index in [1.807, 2.05) is 24.3 Å². The van der Waals surface area contributed by atoms with Crippen molar-refractivity contribution in [1.29, 1.82) is 0 Å². The normalized spacial score (nSPS) is 14.7. The lowest BCUT2D eigenvalue weighted by molar-refractivity contribution is -0.121. The predicted octanol–water partition coefficient (Wildman–Crippen LogP) is 2.54. The fourth-order valence-electron chi connectivity index (χ4n) is 3.18. The van der Waals surface area contributed by atoms with E-state index in [0.717, 1.165) is 15.6 Å². The number of carbonyl (C=O) groups excluding carboxylic acids is 2. The molecular formula is C21H24N2O5S. The number of hydrogen-bond donors (Lipinski definition) is 1.